The highest BCUT2D eigenvalue weighted by Gasteiger charge is 2.33. The predicted octanol–water partition coefficient (Wildman–Crippen LogP) is 5.62. The van der Waals surface area contributed by atoms with E-state index < -0.39 is 0 Å². The Balaban J connectivity index is 1.16. The monoisotopic (exact) mass is 515 g/mol. The standard InChI is InChI=1S/C32H29N5O2/c1-36-16-14-33-29(36)19-37-15-13-21-10-9-20(17-28(21)37)5-4-8-27-30(24-6-2-3-7-26(24)34-27)31-25-18-22(38)11-12-23(25)32(39)35-31/h2-3,6-7,9-18,31,34,38H,4-5,8,19H2,1H3,(H,35,39). The zero-order valence-electron chi connectivity index (χ0n) is 21.7. The van der Waals surface area contributed by atoms with Gasteiger partial charge in [0.2, 0.25) is 0 Å². The Morgan fingerprint density at radius 1 is 1.00 bits per heavy atom. The van der Waals surface area contributed by atoms with E-state index in [1.54, 1.807) is 18.2 Å². The molecule has 1 atom stereocenters. The van der Waals surface area contributed by atoms with E-state index in [1.165, 1.54) is 16.5 Å². The number of aromatic hydroxyl groups is 1. The molecule has 0 aliphatic carbocycles. The summed E-state index contributed by atoms with van der Waals surface area (Å²) in [7, 11) is 2.02. The molecule has 3 N–H and O–H groups in total. The number of phenols is 1. The molecule has 0 saturated carbocycles. The number of phenolic OH excluding ortho intramolecular Hbond substituents is 1. The van der Waals surface area contributed by atoms with Crippen LogP contribution in [0.2, 0.25) is 0 Å². The molecule has 4 heterocycles. The number of carbonyl (C=O) groups is 1. The summed E-state index contributed by atoms with van der Waals surface area (Å²) in [5.74, 6) is 1.09. The van der Waals surface area contributed by atoms with Gasteiger partial charge in [-0.1, -0.05) is 30.3 Å². The Hall–Kier alpha value is -4.78. The summed E-state index contributed by atoms with van der Waals surface area (Å²) < 4.78 is 4.31. The summed E-state index contributed by atoms with van der Waals surface area (Å²) >= 11 is 0. The third kappa shape index (κ3) is 4.07. The van der Waals surface area contributed by atoms with Crippen LogP contribution in [-0.4, -0.2) is 30.1 Å². The molecule has 0 radical (unpaired) electrons. The van der Waals surface area contributed by atoms with Crippen molar-refractivity contribution in [3.05, 3.63) is 119 Å². The first-order valence-electron chi connectivity index (χ1n) is 13.3. The van der Waals surface area contributed by atoms with E-state index in [2.05, 4.69) is 67.0 Å². The Bertz CT molecular complexity index is 1860. The van der Waals surface area contributed by atoms with Crippen LogP contribution in [-0.2, 0) is 26.4 Å². The fraction of sp³-hybridized carbons (Fsp3) is 0.188. The number of para-hydroxylation sites is 1. The van der Waals surface area contributed by atoms with Crippen molar-refractivity contribution in [3.8, 4) is 5.75 Å². The number of hydrogen-bond acceptors (Lipinski definition) is 3. The molecule has 0 fully saturated rings. The van der Waals surface area contributed by atoms with Crippen LogP contribution >= 0.6 is 0 Å². The average molecular weight is 516 g/mol. The van der Waals surface area contributed by atoms with E-state index in [4.69, 9.17) is 0 Å². The molecule has 6 aromatic rings. The van der Waals surface area contributed by atoms with Crippen LogP contribution < -0.4 is 5.32 Å². The number of nitrogens with one attached hydrogen (secondary N) is 2. The second-order valence-electron chi connectivity index (χ2n) is 10.4. The number of hydrogen-bond donors (Lipinski definition) is 3. The van der Waals surface area contributed by atoms with Gasteiger partial charge in [-0.3, -0.25) is 4.79 Å². The molecule has 1 amide bonds. The molecule has 7 rings (SSSR count). The van der Waals surface area contributed by atoms with Crippen molar-refractivity contribution in [2.45, 2.75) is 31.8 Å². The predicted molar refractivity (Wildman–Crippen MR) is 152 cm³/mol. The number of H-pyrrole nitrogens is 1. The van der Waals surface area contributed by atoms with Gasteiger partial charge in [-0.05, 0) is 72.2 Å². The second-order valence-corrected chi connectivity index (χ2v) is 10.4. The summed E-state index contributed by atoms with van der Waals surface area (Å²) in [5.41, 5.74) is 7.22. The van der Waals surface area contributed by atoms with Crippen LogP contribution in [0.5, 0.6) is 5.75 Å². The molecule has 1 unspecified atom stereocenters. The van der Waals surface area contributed by atoms with Crippen LogP contribution in [0.15, 0.2) is 85.3 Å². The lowest BCUT2D eigenvalue weighted by molar-refractivity contribution is 0.0960. The summed E-state index contributed by atoms with van der Waals surface area (Å²) in [6.07, 6.45) is 8.68. The molecule has 1 aliphatic heterocycles. The highest BCUT2D eigenvalue weighted by molar-refractivity contribution is 6.01. The van der Waals surface area contributed by atoms with E-state index in [9.17, 15) is 9.90 Å². The number of aromatic amines is 1. The number of rotatable bonds is 7. The number of nitrogens with zero attached hydrogens (tertiary/aromatic N) is 3. The van der Waals surface area contributed by atoms with Crippen LogP contribution in [0.1, 0.15) is 51.0 Å². The SMILES string of the molecule is Cn1ccnc1Cn1ccc2ccc(CCCc3[nH]c4ccccc4c3C3NC(=O)c4ccc(O)cc43)cc21. The average Bonchev–Trinajstić information content (AvgIpc) is 3.70. The fourth-order valence-electron chi connectivity index (χ4n) is 5.95. The minimum atomic E-state index is -0.295. The van der Waals surface area contributed by atoms with Crippen molar-refractivity contribution in [3.63, 3.8) is 0 Å². The third-order valence-electron chi connectivity index (χ3n) is 7.95. The van der Waals surface area contributed by atoms with Gasteiger partial charge < -0.3 is 24.5 Å². The van der Waals surface area contributed by atoms with Gasteiger partial charge in [-0.25, -0.2) is 4.98 Å². The summed E-state index contributed by atoms with van der Waals surface area (Å²) in [5, 5.41) is 15.6. The van der Waals surface area contributed by atoms with Gasteiger partial charge in [-0.15, -0.1) is 0 Å². The maximum Gasteiger partial charge on any atom is 0.252 e. The summed E-state index contributed by atoms with van der Waals surface area (Å²) in [6.45, 7) is 0.735. The lowest BCUT2D eigenvalue weighted by atomic mass is 9.94. The van der Waals surface area contributed by atoms with Crippen molar-refractivity contribution in [1.82, 2.24) is 24.4 Å². The number of aromatic nitrogens is 4. The Morgan fingerprint density at radius 3 is 2.77 bits per heavy atom. The normalized spacial score (nSPS) is 14.8. The topological polar surface area (TPSA) is 87.9 Å². The quantitative estimate of drug-likeness (QED) is 0.258. The Labute approximate surface area is 225 Å². The molecule has 7 nitrogen and oxygen atoms in total. The van der Waals surface area contributed by atoms with E-state index in [0.717, 1.165) is 59.4 Å². The van der Waals surface area contributed by atoms with Gasteiger partial charge in [0, 0.05) is 58.9 Å². The molecule has 0 bridgehead atoms. The zero-order chi connectivity index (χ0) is 26.5. The first-order valence-corrected chi connectivity index (χ1v) is 13.3. The number of imidazole rings is 1. The van der Waals surface area contributed by atoms with Gasteiger partial charge in [-0.2, -0.15) is 0 Å². The number of amides is 1. The number of fused-ring (bicyclic) bond motifs is 3. The molecule has 39 heavy (non-hydrogen) atoms. The van der Waals surface area contributed by atoms with Gasteiger partial charge in [0.15, 0.2) is 0 Å². The second kappa shape index (κ2) is 9.20. The summed E-state index contributed by atoms with van der Waals surface area (Å²) in [6, 6.07) is 21.8. The Kier molecular flexibility index (Phi) is 5.51. The van der Waals surface area contributed by atoms with Gasteiger partial charge in [0.1, 0.15) is 11.6 Å². The zero-order valence-corrected chi connectivity index (χ0v) is 21.7. The van der Waals surface area contributed by atoms with Crippen LogP contribution in [0.3, 0.4) is 0 Å². The minimum Gasteiger partial charge on any atom is -0.508 e. The molecule has 0 saturated heterocycles. The third-order valence-corrected chi connectivity index (χ3v) is 7.95. The molecular weight excluding hydrogens is 486 g/mol. The fourth-order valence-corrected chi connectivity index (χ4v) is 5.95. The highest BCUT2D eigenvalue weighted by atomic mass is 16.3. The molecule has 194 valence electrons. The lowest BCUT2D eigenvalue weighted by Gasteiger charge is -2.15. The highest BCUT2D eigenvalue weighted by Crippen LogP contribution is 2.39. The van der Waals surface area contributed by atoms with Crippen molar-refractivity contribution in [2.24, 2.45) is 7.05 Å². The van der Waals surface area contributed by atoms with Crippen molar-refractivity contribution < 1.29 is 9.90 Å². The van der Waals surface area contributed by atoms with Crippen molar-refractivity contribution in [2.75, 3.05) is 0 Å². The maximum absolute atomic E-state index is 12.7. The van der Waals surface area contributed by atoms with Gasteiger partial charge in [0.25, 0.3) is 5.91 Å². The maximum atomic E-state index is 12.7. The van der Waals surface area contributed by atoms with Crippen molar-refractivity contribution >= 4 is 27.7 Å². The van der Waals surface area contributed by atoms with E-state index in [-0.39, 0.29) is 17.7 Å². The largest absolute Gasteiger partial charge is 0.508 e. The van der Waals surface area contributed by atoms with Crippen molar-refractivity contribution in [1.29, 1.82) is 0 Å². The number of carbonyl (C=O) groups excluding carboxylic acids is 1. The Morgan fingerprint density at radius 2 is 1.90 bits per heavy atom. The number of benzene rings is 3. The minimum absolute atomic E-state index is 0.104. The molecule has 0 spiro atoms. The van der Waals surface area contributed by atoms with E-state index in [0.29, 0.717) is 5.56 Å². The first kappa shape index (κ1) is 23.3. The van der Waals surface area contributed by atoms with E-state index >= 15 is 0 Å². The number of aryl methyl sites for hydroxylation is 3. The molecule has 3 aromatic carbocycles. The molecule has 1 aliphatic rings. The summed E-state index contributed by atoms with van der Waals surface area (Å²) in [4.78, 5) is 20.9. The molecular formula is C32H29N5O2. The van der Waals surface area contributed by atoms with Gasteiger partial charge in [0.05, 0.1) is 12.6 Å². The van der Waals surface area contributed by atoms with Crippen LogP contribution in [0.4, 0.5) is 0 Å². The molecule has 3 aromatic heterocycles. The molecule has 7 heteroatoms. The smallest absolute Gasteiger partial charge is 0.252 e. The first-order chi connectivity index (χ1) is 19.0. The van der Waals surface area contributed by atoms with Crippen LogP contribution in [0, 0.1) is 0 Å². The van der Waals surface area contributed by atoms with Crippen LogP contribution in [0.25, 0.3) is 21.8 Å². The van der Waals surface area contributed by atoms with E-state index in [1.807, 2.05) is 31.6 Å². The lowest BCUT2D eigenvalue weighted by Crippen LogP contribution is -2.20. The van der Waals surface area contributed by atoms with Gasteiger partial charge >= 0.3 is 0 Å².